The number of aromatic nitrogens is 1. The van der Waals surface area contributed by atoms with Crippen LogP contribution in [-0.4, -0.2) is 34.7 Å². The van der Waals surface area contributed by atoms with Gasteiger partial charge >= 0.3 is 0 Å². The summed E-state index contributed by atoms with van der Waals surface area (Å²) in [7, 11) is 0. The zero-order valence-electron chi connectivity index (χ0n) is 14.3. The van der Waals surface area contributed by atoms with Gasteiger partial charge in [0.2, 0.25) is 0 Å². The monoisotopic (exact) mass is 326 g/mol. The van der Waals surface area contributed by atoms with Crippen LogP contribution in [-0.2, 0) is 6.54 Å². The molecule has 1 N–H and O–H groups in total. The van der Waals surface area contributed by atoms with E-state index in [0.717, 1.165) is 43.9 Å². The third-order valence-corrected chi connectivity index (χ3v) is 4.71. The van der Waals surface area contributed by atoms with E-state index in [-0.39, 0.29) is 0 Å². The van der Waals surface area contributed by atoms with E-state index >= 15 is 0 Å². The standard InChI is InChI=1S/C20H26N2O2/c1-2-24-18-8-6-16(7-9-18)15-22-13-10-17(11-14-22)20(23)19-5-3-4-12-21-19/h3-9,12,17,20,23H,2,10-11,13-15H2,1H3/t20-/m0/s1. The molecule has 0 unspecified atom stereocenters. The molecule has 4 heteroatoms. The van der Waals surface area contributed by atoms with E-state index in [1.807, 2.05) is 37.3 Å². The summed E-state index contributed by atoms with van der Waals surface area (Å²) in [5.74, 6) is 1.23. The van der Waals surface area contributed by atoms with Crippen LogP contribution in [0, 0.1) is 5.92 Å². The van der Waals surface area contributed by atoms with Crippen LogP contribution in [0.3, 0.4) is 0 Å². The van der Waals surface area contributed by atoms with Crippen molar-refractivity contribution in [1.29, 1.82) is 0 Å². The molecule has 4 nitrogen and oxygen atoms in total. The Morgan fingerprint density at radius 3 is 2.54 bits per heavy atom. The lowest BCUT2D eigenvalue weighted by atomic mass is 9.89. The van der Waals surface area contributed by atoms with Gasteiger partial charge in [0, 0.05) is 12.7 Å². The molecule has 2 heterocycles. The molecule has 24 heavy (non-hydrogen) atoms. The molecule has 3 rings (SSSR count). The molecular formula is C20H26N2O2. The van der Waals surface area contributed by atoms with E-state index in [1.54, 1.807) is 6.20 Å². The average molecular weight is 326 g/mol. The van der Waals surface area contributed by atoms with Crippen molar-refractivity contribution in [3.05, 3.63) is 59.9 Å². The minimum absolute atomic E-state index is 0.302. The summed E-state index contributed by atoms with van der Waals surface area (Å²) in [6.07, 6.45) is 3.32. The summed E-state index contributed by atoms with van der Waals surface area (Å²) in [5, 5.41) is 10.5. The quantitative estimate of drug-likeness (QED) is 0.883. The van der Waals surface area contributed by atoms with Crippen LogP contribution in [0.15, 0.2) is 48.7 Å². The first-order valence-corrected chi connectivity index (χ1v) is 8.79. The van der Waals surface area contributed by atoms with Gasteiger partial charge < -0.3 is 9.84 Å². The van der Waals surface area contributed by atoms with Gasteiger partial charge in [-0.05, 0) is 68.6 Å². The SMILES string of the molecule is CCOc1ccc(CN2CCC([C@H](O)c3ccccn3)CC2)cc1. The molecule has 1 aliphatic rings. The van der Waals surface area contributed by atoms with Crippen molar-refractivity contribution in [1.82, 2.24) is 9.88 Å². The van der Waals surface area contributed by atoms with Crippen molar-refractivity contribution < 1.29 is 9.84 Å². The van der Waals surface area contributed by atoms with Crippen molar-refractivity contribution in [3.63, 3.8) is 0 Å². The summed E-state index contributed by atoms with van der Waals surface area (Å²) in [6, 6.07) is 14.1. The Kier molecular flexibility index (Phi) is 5.83. The first kappa shape index (κ1) is 16.9. The predicted molar refractivity (Wildman–Crippen MR) is 94.8 cm³/mol. The summed E-state index contributed by atoms with van der Waals surface area (Å²) in [4.78, 5) is 6.74. The minimum atomic E-state index is -0.446. The molecule has 1 aliphatic heterocycles. The predicted octanol–water partition coefficient (Wildman–Crippen LogP) is 3.43. The zero-order valence-corrected chi connectivity index (χ0v) is 14.3. The molecule has 0 radical (unpaired) electrons. The van der Waals surface area contributed by atoms with Crippen molar-refractivity contribution in [2.45, 2.75) is 32.4 Å². The molecule has 0 amide bonds. The van der Waals surface area contributed by atoms with Crippen LogP contribution < -0.4 is 4.74 Å². The van der Waals surface area contributed by atoms with E-state index in [4.69, 9.17) is 4.74 Å². The molecular weight excluding hydrogens is 300 g/mol. The lowest BCUT2D eigenvalue weighted by Gasteiger charge is -2.34. The molecule has 1 saturated heterocycles. The minimum Gasteiger partial charge on any atom is -0.494 e. The number of pyridine rings is 1. The van der Waals surface area contributed by atoms with Crippen LogP contribution in [0.5, 0.6) is 5.75 Å². The summed E-state index contributed by atoms with van der Waals surface area (Å²) in [6.45, 7) is 5.69. The highest BCUT2D eigenvalue weighted by molar-refractivity contribution is 5.27. The van der Waals surface area contributed by atoms with Gasteiger partial charge in [-0.25, -0.2) is 0 Å². The number of likely N-dealkylation sites (tertiary alicyclic amines) is 1. The molecule has 1 atom stereocenters. The fourth-order valence-corrected chi connectivity index (χ4v) is 3.34. The second kappa shape index (κ2) is 8.27. The maximum atomic E-state index is 10.5. The number of hydrogen-bond acceptors (Lipinski definition) is 4. The number of benzene rings is 1. The molecule has 1 aromatic heterocycles. The van der Waals surface area contributed by atoms with E-state index < -0.39 is 6.10 Å². The van der Waals surface area contributed by atoms with Gasteiger partial charge in [-0.2, -0.15) is 0 Å². The number of rotatable bonds is 6. The fraction of sp³-hybridized carbons (Fsp3) is 0.450. The average Bonchev–Trinajstić information content (AvgIpc) is 2.64. The van der Waals surface area contributed by atoms with Crippen LogP contribution in [0.2, 0.25) is 0 Å². The fourth-order valence-electron chi connectivity index (χ4n) is 3.34. The van der Waals surface area contributed by atoms with Crippen molar-refractivity contribution >= 4 is 0 Å². The van der Waals surface area contributed by atoms with Gasteiger partial charge in [0.1, 0.15) is 5.75 Å². The van der Waals surface area contributed by atoms with Crippen molar-refractivity contribution in [2.75, 3.05) is 19.7 Å². The Morgan fingerprint density at radius 2 is 1.92 bits per heavy atom. The zero-order chi connectivity index (χ0) is 16.8. The molecule has 0 bridgehead atoms. The van der Waals surface area contributed by atoms with Crippen molar-refractivity contribution in [3.8, 4) is 5.75 Å². The maximum Gasteiger partial charge on any atom is 0.119 e. The smallest absolute Gasteiger partial charge is 0.119 e. The second-order valence-electron chi connectivity index (χ2n) is 6.39. The Balaban J connectivity index is 1.50. The van der Waals surface area contributed by atoms with Gasteiger partial charge in [-0.1, -0.05) is 18.2 Å². The highest BCUT2D eigenvalue weighted by Crippen LogP contribution is 2.30. The molecule has 0 spiro atoms. The maximum absolute atomic E-state index is 10.5. The van der Waals surface area contributed by atoms with E-state index in [0.29, 0.717) is 12.5 Å². The normalized spacial score (nSPS) is 17.6. The first-order chi connectivity index (χ1) is 11.8. The van der Waals surface area contributed by atoms with Gasteiger partial charge in [0.05, 0.1) is 18.4 Å². The van der Waals surface area contributed by atoms with E-state index in [1.165, 1.54) is 5.56 Å². The Labute approximate surface area is 144 Å². The topological polar surface area (TPSA) is 45.6 Å². The lowest BCUT2D eigenvalue weighted by molar-refractivity contribution is 0.0540. The Bertz CT molecular complexity index is 607. The van der Waals surface area contributed by atoms with Crippen LogP contribution >= 0.6 is 0 Å². The van der Waals surface area contributed by atoms with Crippen LogP contribution in [0.4, 0.5) is 0 Å². The number of piperidine rings is 1. The second-order valence-corrected chi connectivity index (χ2v) is 6.39. The van der Waals surface area contributed by atoms with Crippen molar-refractivity contribution in [2.24, 2.45) is 5.92 Å². The van der Waals surface area contributed by atoms with Gasteiger partial charge in [0.15, 0.2) is 0 Å². The molecule has 0 aliphatic carbocycles. The van der Waals surface area contributed by atoms with E-state index in [2.05, 4.69) is 22.0 Å². The van der Waals surface area contributed by atoms with Crippen LogP contribution in [0.25, 0.3) is 0 Å². The van der Waals surface area contributed by atoms with Crippen LogP contribution in [0.1, 0.15) is 37.1 Å². The largest absolute Gasteiger partial charge is 0.494 e. The molecule has 128 valence electrons. The molecule has 1 aromatic carbocycles. The van der Waals surface area contributed by atoms with Gasteiger partial charge in [-0.3, -0.25) is 9.88 Å². The molecule has 2 aromatic rings. The molecule has 0 saturated carbocycles. The Hall–Kier alpha value is -1.91. The first-order valence-electron chi connectivity index (χ1n) is 8.79. The van der Waals surface area contributed by atoms with E-state index in [9.17, 15) is 5.11 Å². The lowest BCUT2D eigenvalue weighted by Crippen LogP contribution is -2.35. The third-order valence-electron chi connectivity index (χ3n) is 4.71. The number of aliphatic hydroxyl groups is 1. The number of aliphatic hydroxyl groups excluding tert-OH is 1. The third kappa shape index (κ3) is 4.34. The number of nitrogens with zero attached hydrogens (tertiary/aromatic N) is 2. The highest BCUT2D eigenvalue weighted by atomic mass is 16.5. The Morgan fingerprint density at radius 1 is 1.17 bits per heavy atom. The summed E-state index contributed by atoms with van der Waals surface area (Å²) < 4.78 is 5.49. The molecule has 1 fully saturated rings. The van der Waals surface area contributed by atoms with Gasteiger partial charge in [-0.15, -0.1) is 0 Å². The summed E-state index contributed by atoms with van der Waals surface area (Å²) in [5.41, 5.74) is 2.10. The number of hydrogen-bond donors (Lipinski definition) is 1. The number of ether oxygens (including phenoxy) is 1. The summed E-state index contributed by atoms with van der Waals surface area (Å²) >= 11 is 0. The van der Waals surface area contributed by atoms with Gasteiger partial charge in [0.25, 0.3) is 0 Å². The highest BCUT2D eigenvalue weighted by Gasteiger charge is 2.26.